The molecule has 1 heterocycles. The number of aliphatic hydroxyl groups excluding tert-OH is 1. The molecule has 1 unspecified atom stereocenters. The number of pyridine rings is 1. The first-order chi connectivity index (χ1) is 8.09. The van der Waals surface area contributed by atoms with Gasteiger partial charge in [0.25, 0.3) is 0 Å². The Kier molecular flexibility index (Phi) is 3.60. The van der Waals surface area contributed by atoms with Crippen LogP contribution >= 0.6 is 12.2 Å². The number of para-hydroxylation sites is 1. The molecular formula is C14H17NOS. The molecule has 0 bridgehead atoms. The molecule has 0 saturated carbocycles. The summed E-state index contributed by atoms with van der Waals surface area (Å²) in [5, 5.41) is 10.6. The number of aliphatic hydroxyl groups is 1. The van der Waals surface area contributed by atoms with Crippen LogP contribution in [-0.2, 0) is 6.42 Å². The van der Waals surface area contributed by atoms with Crippen LogP contribution in [0.1, 0.15) is 24.5 Å². The molecule has 17 heavy (non-hydrogen) atoms. The summed E-state index contributed by atoms with van der Waals surface area (Å²) in [6, 6.07) is 8.17. The van der Waals surface area contributed by atoms with E-state index in [-0.39, 0.29) is 6.10 Å². The van der Waals surface area contributed by atoms with E-state index < -0.39 is 0 Å². The SMILES string of the molecule is Cc1c(CCC(C)O)c(=S)[nH]c2ccccc12. The van der Waals surface area contributed by atoms with Gasteiger partial charge in [-0.25, -0.2) is 0 Å². The lowest BCUT2D eigenvalue weighted by Crippen LogP contribution is -2.04. The van der Waals surface area contributed by atoms with Gasteiger partial charge in [0.15, 0.2) is 0 Å². The van der Waals surface area contributed by atoms with Gasteiger partial charge in [-0.05, 0) is 43.9 Å². The molecule has 0 aliphatic heterocycles. The van der Waals surface area contributed by atoms with Gasteiger partial charge < -0.3 is 10.1 Å². The number of fused-ring (bicyclic) bond motifs is 1. The number of aromatic amines is 1. The van der Waals surface area contributed by atoms with Crippen molar-refractivity contribution in [2.75, 3.05) is 0 Å². The molecule has 0 fully saturated rings. The first-order valence-corrected chi connectivity index (χ1v) is 6.29. The molecule has 0 spiro atoms. The lowest BCUT2D eigenvalue weighted by molar-refractivity contribution is 0.185. The molecular weight excluding hydrogens is 230 g/mol. The van der Waals surface area contributed by atoms with E-state index in [1.165, 1.54) is 10.9 Å². The van der Waals surface area contributed by atoms with Crippen LogP contribution < -0.4 is 0 Å². The predicted molar refractivity (Wildman–Crippen MR) is 73.9 cm³/mol. The van der Waals surface area contributed by atoms with Crippen molar-refractivity contribution in [3.8, 4) is 0 Å². The second-order valence-electron chi connectivity index (χ2n) is 4.49. The highest BCUT2D eigenvalue weighted by Gasteiger charge is 2.07. The summed E-state index contributed by atoms with van der Waals surface area (Å²) in [7, 11) is 0. The van der Waals surface area contributed by atoms with E-state index in [0.717, 1.165) is 28.6 Å². The average Bonchev–Trinajstić information content (AvgIpc) is 2.28. The van der Waals surface area contributed by atoms with Crippen LogP contribution in [0.15, 0.2) is 24.3 Å². The number of aryl methyl sites for hydroxylation is 1. The Bertz CT molecular complexity index is 586. The zero-order valence-corrected chi connectivity index (χ0v) is 11.0. The van der Waals surface area contributed by atoms with E-state index in [2.05, 4.69) is 18.0 Å². The number of rotatable bonds is 3. The molecule has 1 atom stereocenters. The van der Waals surface area contributed by atoms with Gasteiger partial charge in [-0.1, -0.05) is 30.4 Å². The largest absolute Gasteiger partial charge is 0.393 e. The van der Waals surface area contributed by atoms with Crippen LogP contribution in [0, 0.1) is 11.6 Å². The fourth-order valence-corrected chi connectivity index (χ4v) is 2.47. The van der Waals surface area contributed by atoms with Crippen molar-refractivity contribution < 1.29 is 5.11 Å². The molecule has 1 aromatic carbocycles. The van der Waals surface area contributed by atoms with Crippen LogP contribution in [0.3, 0.4) is 0 Å². The summed E-state index contributed by atoms with van der Waals surface area (Å²) in [5.74, 6) is 0. The lowest BCUT2D eigenvalue weighted by atomic mass is 10.0. The Balaban J connectivity index is 2.52. The van der Waals surface area contributed by atoms with Crippen LogP contribution in [0.4, 0.5) is 0 Å². The number of hydrogen-bond donors (Lipinski definition) is 2. The third-order valence-electron chi connectivity index (χ3n) is 3.12. The zero-order chi connectivity index (χ0) is 12.4. The second-order valence-corrected chi connectivity index (χ2v) is 4.90. The van der Waals surface area contributed by atoms with Crippen molar-refractivity contribution in [2.24, 2.45) is 0 Å². The molecule has 0 saturated heterocycles. The van der Waals surface area contributed by atoms with Crippen molar-refractivity contribution in [1.29, 1.82) is 0 Å². The van der Waals surface area contributed by atoms with Crippen molar-refractivity contribution in [3.05, 3.63) is 40.0 Å². The monoisotopic (exact) mass is 247 g/mol. The maximum atomic E-state index is 9.36. The summed E-state index contributed by atoms with van der Waals surface area (Å²) in [6.45, 7) is 3.91. The molecule has 3 heteroatoms. The highest BCUT2D eigenvalue weighted by Crippen LogP contribution is 2.22. The van der Waals surface area contributed by atoms with Gasteiger partial charge in [0.1, 0.15) is 4.64 Å². The molecule has 0 amide bonds. The number of H-pyrrole nitrogens is 1. The highest BCUT2D eigenvalue weighted by atomic mass is 32.1. The normalized spacial score (nSPS) is 12.9. The van der Waals surface area contributed by atoms with Gasteiger partial charge in [-0.2, -0.15) is 0 Å². The first-order valence-electron chi connectivity index (χ1n) is 5.88. The fraction of sp³-hybridized carbons (Fsp3) is 0.357. The van der Waals surface area contributed by atoms with E-state index in [9.17, 15) is 5.11 Å². The Morgan fingerprint density at radius 2 is 2.06 bits per heavy atom. The average molecular weight is 247 g/mol. The maximum Gasteiger partial charge on any atom is 0.107 e. The van der Waals surface area contributed by atoms with Crippen LogP contribution in [-0.4, -0.2) is 16.2 Å². The number of nitrogens with one attached hydrogen (secondary N) is 1. The summed E-state index contributed by atoms with van der Waals surface area (Å²) < 4.78 is 0.793. The fourth-order valence-electron chi connectivity index (χ4n) is 2.10. The van der Waals surface area contributed by atoms with Gasteiger partial charge in [0, 0.05) is 10.9 Å². The number of aromatic nitrogens is 1. The molecule has 0 radical (unpaired) electrons. The van der Waals surface area contributed by atoms with Crippen molar-refractivity contribution in [3.63, 3.8) is 0 Å². The van der Waals surface area contributed by atoms with Crippen molar-refractivity contribution in [2.45, 2.75) is 32.8 Å². The standard InChI is InChI=1S/C14H17NOS/c1-9(16)7-8-12-10(2)11-5-3-4-6-13(11)15-14(12)17/h3-6,9,16H,7-8H2,1-2H3,(H,15,17). The first kappa shape index (κ1) is 12.3. The Hall–Kier alpha value is -1.19. The summed E-state index contributed by atoms with van der Waals surface area (Å²) >= 11 is 5.38. The smallest absolute Gasteiger partial charge is 0.107 e. The van der Waals surface area contributed by atoms with Gasteiger partial charge in [-0.15, -0.1) is 0 Å². The minimum absolute atomic E-state index is 0.282. The second kappa shape index (κ2) is 4.98. The minimum atomic E-state index is -0.282. The Labute approximate surface area is 106 Å². The molecule has 2 rings (SSSR count). The van der Waals surface area contributed by atoms with E-state index in [4.69, 9.17) is 12.2 Å². The third-order valence-corrected chi connectivity index (χ3v) is 3.47. The molecule has 0 aliphatic rings. The summed E-state index contributed by atoms with van der Waals surface area (Å²) in [6.07, 6.45) is 1.29. The molecule has 2 N–H and O–H groups in total. The van der Waals surface area contributed by atoms with Gasteiger partial charge in [0.2, 0.25) is 0 Å². The van der Waals surface area contributed by atoms with Gasteiger partial charge in [0.05, 0.1) is 6.10 Å². The molecule has 90 valence electrons. The summed E-state index contributed by atoms with van der Waals surface area (Å²) in [5.41, 5.74) is 3.46. The van der Waals surface area contributed by atoms with Crippen molar-refractivity contribution >= 4 is 23.1 Å². The van der Waals surface area contributed by atoms with Crippen LogP contribution in [0.2, 0.25) is 0 Å². The number of benzene rings is 1. The number of hydrogen-bond acceptors (Lipinski definition) is 2. The minimum Gasteiger partial charge on any atom is -0.393 e. The van der Waals surface area contributed by atoms with Gasteiger partial charge in [-0.3, -0.25) is 0 Å². The maximum absolute atomic E-state index is 9.36. The topological polar surface area (TPSA) is 36.0 Å². The molecule has 2 aromatic rings. The summed E-state index contributed by atoms with van der Waals surface area (Å²) in [4.78, 5) is 3.26. The highest BCUT2D eigenvalue weighted by molar-refractivity contribution is 7.71. The molecule has 0 aliphatic carbocycles. The van der Waals surface area contributed by atoms with E-state index in [0.29, 0.717) is 0 Å². The quantitative estimate of drug-likeness (QED) is 0.814. The van der Waals surface area contributed by atoms with E-state index in [1.807, 2.05) is 25.1 Å². The molecule has 2 nitrogen and oxygen atoms in total. The zero-order valence-electron chi connectivity index (χ0n) is 10.2. The van der Waals surface area contributed by atoms with Crippen LogP contribution in [0.25, 0.3) is 10.9 Å². The van der Waals surface area contributed by atoms with E-state index >= 15 is 0 Å². The third kappa shape index (κ3) is 2.56. The van der Waals surface area contributed by atoms with Crippen LogP contribution in [0.5, 0.6) is 0 Å². The Morgan fingerprint density at radius 3 is 2.76 bits per heavy atom. The Morgan fingerprint density at radius 1 is 1.35 bits per heavy atom. The van der Waals surface area contributed by atoms with Gasteiger partial charge >= 0.3 is 0 Å². The van der Waals surface area contributed by atoms with Crippen molar-refractivity contribution in [1.82, 2.24) is 4.98 Å². The molecule has 1 aromatic heterocycles. The predicted octanol–water partition coefficient (Wildman–Crippen LogP) is 3.52. The van der Waals surface area contributed by atoms with E-state index in [1.54, 1.807) is 0 Å². The lowest BCUT2D eigenvalue weighted by Gasteiger charge is -2.11.